The first-order valence-electron chi connectivity index (χ1n) is 6.53. The predicted molar refractivity (Wildman–Crippen MR) is 68.8 cm³/mol. The van der Waals surface area contributed by atoms with Gasteiger partial charge in [0, 0.05) is 6.42 Å². The van der Waals surface area contributed by atoms with Crippen molar-refractivity contribution in [2.75, 3.05) is 0 Å². The molecule has 0 aromatic rings. The Hall–Kier alpha value is -1.50. The zero-order valence-electron chi connectivity index (χ0n) is 10.9. The van der Waals surface area contributed by atoms with E-state index in [1.807, 2.05) is 6.92 Å². The minimum Gasteiger partial charge on any atom is -0.481 e. The molecule has 2 N–H and O–H groups in total. The summed E-state index contributed by atoms with van der Waals surface area (Å²) in [6.07, 6.45) is 9.92. The maximum Gasteiger partial charge on any atom is 0.310 e. The number of rotatable bonds is 6. The number of terminal acetylenes is 1. The summed E-state index contributed by atoms with van der Waals surface area (Å²) in [5.41, 5.74) is -0.866. The summed E-state index contributed by atoms with van der Waals surface area (Å²) < 4.78 is 0. The summed E-state index contributed by atoms with van der Waals surface area (Å²) in [6.45, 7) is 1.99. The van der Waals surface area contributed by atoms with Crippen LogP contribution in [-0.2, 0) is 9.59 Å². The molecule has 1 unspecified atom stereocenters. The molecule has 1 saturated carbocycles. The molecule has 1 atom stereocenters. The standard InChI is InChI=1S/C14H21NO3/c1-3-7-11(4-2)15-12(16)10-14(13(17)18)8-5-6-9-14/h2,11H,3,5-10H2,1H3,(H,15,16)(H,17,18). The van der Waals surface area contributed by atoms with E-state index in [1.54, 1.807) is 0 Å². The Balaban J connectivity index is 2.57. The molecule has 0 aliphatic heterocycles. The van der Waals surface area contributed by atoms with Crippen molar-refractivity contribution >= 4 is 11.9 Å². The lowest BCUT2D eigenvalue weighted by Gasteiger charge is -2.23. The minimum atomic E-state index is -0.866. The SMILES string of the molecule is C#CC(CCC)NC(=O)CC1(C(=O)O)CCCC1. The topological polar surface area (TPSA) is 66.4 Å². The zero-order valence-corrected chi connectivity index (χ0v) is 10.9. The maximum absolute atomic E-state index is 11.9. The first kappa shape index (κ1) is 14.6. The van der Waals surface area contributed by atoms with E-state index >= 15 is 0 Å². The molecular formula is C14H21NO3. The maximum atomic E-state index is 11.9. The van der Waals surface area contributed by atoms with Gasteiger partial charge < -0.3 is 10.4 Å². The Kier molecular flexibility index (Phi) is 5.21. The largest absolute Gasteiger partial charge is 0.481 e. The Bertz CT molecular complexity index is 351. The molecule has 1 aliphatic carbocycles. The molecule has 18 heavy (non-hydrogen) atoms. The molecule has 0 bridgehead atoms. The van der Waals surface area contributed by atoms with E-state index < -0.39 is 11.4 Å². The number of aliphatic carboxylic acids is 1. The molecule has 100 valence electrons. The lowest BCUT2D eigenvalue weighted by molar-refractivity contribution is -0.151. The lowest BCUT2D eigenvalue weighted by Crippen LogP contribution is -2.39. The zero-order chi connectivity index (χ0) is 13.6. The third kappa shape index (κ3) is 3.49. The summed E-state index contributed by atoms with van der Waals surface area (Å²) in [7, 11) is 0. The number of hydrogen-bond donors (Lipinski definition) is 2. The van der Waals surface area contributed by atoms with Crippen molar-refractivity contribution in [3.8, 4) is 12.3 Å². The average molecular weight is 251 g/mol. The second-order valence-electron chi connectivity index (χ2n) is 5.04. The van der Waals surface area contributed by atoms with Gasteiger partial charge in [0.25, 0.3) is 0 Å². The average Bonchev–Trinajstić information content (AvgIpc) is 2.78. The molecule has 4 nitrogen and oxygen atoms in total. The van der Waals surface area contributed by atoms with Crippen LogP contribution in [0.5, 0.6) is 0 Å². The molecule has 0 radical (unpaired) electrons. The highest BCUT2D eigenvalue weighted by Crippen LogP contribution is 2.41. The molecular weight excluding hydrogens is 230 g/mol. The quantitative estimate of drug-likeness (QED) is 0.709. The van der Waals surface area contributed by atoms with Crippen molar-refractivity contribution in [1.29, 1.82) is 0 Å². The smallest absolute Gasteiger partial charge is 0.310 e. The Morgan fingerprint density at radius 1 is 1.44 bits per heavy atom. The number of carbonyl (C=O) groups is 2. The molecule has 4 heteroatoms. The highest BCUT2D eigenvalue weighted by Gasteiger charge is 2.43. The summed E-state index contributed by atoms with van der Waals surface area (Å²) in [5, 5.41) is 12.0. The first-order chi connectivity index (χ1) is 8.54. The summed E-state index contributed by atoms with van der Waals surface area (Å²) in [5.74, 6) is 1.42. The highest BCUT2D eigenvalue weighted by atomic mass is 16.4. The molecule has 0 aromatic carbocycles. The van der Waals surface area contributed by atoms with Crippen molar-refractivity contribution in [3.05, 3.63) is 0 Å². The van der Waals surface area contributed by atoms with Crippen LogP contribution >= 0.6 is 0 Å². The first-order valence-corrected chi connectivity index (χ1v) is 6.53. The lowest BCUT2D eigenvalue weighted by atomic mass is 9.82. The summed E-state index contributed by atoms with van der Waals surface area (Å²) >= 11 is 0. The van der Waals surface area contributed by atoms with Crippen LogP contribution in [0.2, 0.25) is 0 Å². The van der Waals surface area contributed by atoms with Crippen LogP contribution in [0.25, 0.3) is 0 Å². The van der Waals surface area contributed by atoms with Gasteiger partial charge in [0.05, 0.1) is 11.5 Å². The van der Waals surface area contributed by atoms with Gasteiger partial charge in [-0.05, 0) is 19.3 Å². The highest BCUT2D eigenvalue weighted by molar-refractivity contribution is 5.85. The van der Waals surface area contributed by atoms with Crippen LogP contribution < -0.4 is 5.32 Å². The second kappa shape index (κ2) is 6.44. The van der Waals surface area contributed by atoms with Gasteiger partial charge >= 0.3 is 5.97 Å². The van der Waals surface area contributed by atoms with Crippen LogP contribution in [0.15, 0.2) is 0 Å². The molecule has 0 saturated heterocycles. The minimum absolute atomic E-state index is 0.0459. The monoisotopic (exact) mass is 251 g/mol. The Labute approximate surface area is 108 Å². The van der Waals surface area contributed by atoms with Crippen LogP contribution in [0, 0.1) is 17.8 Å². The van der Waals surface area contributed by atoms with Crippen molar-refractivity contribution < 1.29 is 14.7 Å². The van der Waals surface area contributed by atoms with E-state index in [2.05, 4.69) is 11.2 Å². The van der Waals surface area contributed by atoms with Gasteiger partial charge in [-0.15, -0.1) is 6.42 Å². The van der Waals surface area contributed by atoms with Gasteiger partial charge in [0.2, 0.25) is 5.91 Å². The number of hydrogen-bond acceptors (Lipinski definition) is 2. The fourth-order valence-electron chi connectivity index (χ4n) is 2.56. The number of carboxylic acids is 1. The van der Waals surface area contributed by atoms with E-state index in [0.717, 1.165) is 25.7 Å². The van der Waals surface area contributed by atoms with Crippen LogP contribution in [0.1, 0.15) is 51.9 Å². The van der Waals surface area contributed by atoms with Gasteiger partial charge in [-0.25, -0.2) is 0 Å². The predicted octanol–water partition coefficient (Wildman–Crippen LogP) is 1.94. The van der Waals surface area contributed by atoms with E-state index in [4.69, 9.17) is 6.42 Å². The van der Waals surface area contributed by atoms with E-state index in [1.165, 1.54) is 0 Å². The van der Waals surface area contributed by atoms with Crippen LogP contribution in [0.4, 0.5) is 0 Å². The third-order valence-corrected chi connectivity index (χ3v) is 3.63. The number of carbonyl (C=O) groups excluding carboxylic acids is 1. The molecule has 0 aromatic heterocycles. The van der Waals surface area contributed by atoms with Gasteiger partial charge in [0.15, 0.2) is 0 Å². The molecule has 1 aliphatic rings. The summed E-state index contributed by atoms with van der Waals surface area (Å²) in [6, 6.07) is -0.283. The van der Waals surface area contributed by atoms with Crippen molar-refractivity contribution in [3.63, 3.8) is 0 Å². The number of carboxylic acid groups (broad SMARTS) is 1. The Morgan fingerprint density at radius 3 is 2.50 bits per heavy atom. The van der Waals surface area contributed by atoms with E-state index in [-0.39, 0.29) is 18.4 Å². The van der Waals surface area contributed by atoms with Crippen LogP contribution in [0.3, 0.4) is 0 Å². The van der Waals surface area contributed by atoms with E-state index in [9.17, 15) is 14.7 Å². The van der Waals surface area contributed by atoms with Crippen molar-refractivity contribution in [2.24, 2.45) is 5.41 Å². The molecule has 0 heterocycles. The van der Waals surface area contributed by atoms with Crippen molar-refractivity contribution in [2.45, 2.75) is 57.9 Å². The van der Waals surface area contributed by atoms with Crippen LogP contribution in [-0.4, -0.2) is 23.0 Å². The van der Waals surface area contributed by atoms with Gasteiger partial charge in [0.1, 0.15) is 0 Å². The molecule has 1 amide bonds. The second-order valence-corrected chi connectivity index (χ2v) is 5.04. The van der Waals surface area contributed by atoms with Gasteiger partial charge in [-0.2, -0.15) is 0 Å². The summed E-state index contributed by atoms with van der Waals surface area (Å²) in [4.78, 5) is 23.2. The van der Waals surface area contributed by atoms with E-state index in [0.29, 0.717) is 12.8 Å². The van der Waals surface area contributed by atoms with Gasteiger partial charge in [-0.1, -0.05) is 32.1 Å². The third-order valence-electron chi connectivity index (χ3n) is 3.63. The number of amides is 1. The fraction of sp³-hybridized carbons (Fsp3) is 0.714. The number of nitrogens with one attached hydrogen (secondary N) is 1. The van der Waals surface area contributed by atoms with Crippen molar-refractivity contribution in [1.82, 2.24) is 5.32 Å². The van der Waals surface area contributed by atoms with Gasteiger partial charge in [-0.3, -0.25) is 9.59 Å². The molecule has 1 fully saturated rings. The Morgan fingerprint density at radius 2 is 2.06 bits per heavy atom. The fourth-order valence-corrected chi connectivity index (χ4v) is 2.56. The molecule has 0 spiro atoms. The molecule has 1 rings (SSSR count). The normalized spacial score (nSPS) is 18.9.